The minimum Gasteiger partial charge on any atom is -0.325 e. The Hall–Kier alpha value is -2.04. The molecule has 0 spiro atoms. The fourth-order valence-electron chi connectivity index (χ4n) is 2.07. The summed E-state index contributed by atoms with van der Waals surface area (Å²) in [6.07, 6.45) is -0.274. The summed E-state index contributed by atoms with van der Waals surface area (Å²) in [6, 6.07) is 10.3. The van der Waals surface area contributed by atoms with Gasteiger partial charge in [0.05, 0.1) is 0 Å². The lowest BCUT2D eigenvalue weighted by Crippen LogP contribution is -2.22. The zero-order valence-corrected chi connectivity index (χ0v) is 14.3. The van der Waals surface area contributed by atoms with Crippen LogP contribution in [0.15, 0.2) is 36.4 Å². The van der Waals surface area contributed by atoms with E-state index in [-0.39, 0.29) is 18.2 Å². The molecule has 2 aromatic rings. The summed E-state index contributed by atoms with van der Waals surface area (Å²) < 4.78 is 0. The Morgan fingerprint density at radius 1 is 0.826 bits per heavy atom. The highest BCUT2D eigenvalue weighted by Gasteiger charge is 2.12. The molecule has 6 heteroatoms. The van der Waals surface area contributed by atoms with Crippen LogP contribution in [0.3, 0.4) is 0 Å². The highest BCUT2D eigenvalue weighted by atomic mass is 35.5. The monoisotopic (exact) mass is 350 g/mol. The minimum absolute atomic E-state index is 0.274. The molecule has 23 heavy (non-hydrogen) atoms. The molecule has 0 saturated carbocycles. The molecule has 120 valence electrons. The average molecular weight is 351 g/mol. The number of hydrogen-bond donors (Lipinski definition) is 2. The topological polar surface area (TPSA) is 58.2 Å². The van der Waals surface area contributed by atoms with Crippen molar-refractivity contribution in [2.24, 2.45) is 0 Å². The number of hydrogen-bond acceptors (Lipinski definition) is 2. The number of benzene rings is 2. The van der Waals surface area contributed by atoms with Crippen LogP contribution in [0.1, 0.15) is 17.5 Å². The molecule has 0 aromatic heterocycles. The quantitative estimate of drug-likeness (QED) is 0.793. The van der Waals surface area contributed by atoms with Gasteiger partial charge in [0.15, 0.2) is 0 Å². The van der Waals surface area contributed by atoms with Gasteiger partial charge in [-0.25, -0.2) is 0 Å². The lowest BCUT2D eigenvalue weighted by molar-refractivity contribution is -0.123. The molecule has 0 aliphatic carbocycles. The summed E-state index contributed by atoms with van der Waals surface area (Å²) in [4.78, 5) is 23.9. The van der Waals surface area contributed by atoms with Gasteiger partial charge in [-0.3, -0.25) is 9.59 Å². The minimum atomic E-state index is -0.389. The van der Waals surface area contributed by atoms with E-state index in [2.05, 4.69) is 10.6 Å². The van der Waals surface area contributed by atoms with Crippen molar-refractivity contribution in [3.8, 4) is 0 Å². The zero-order valence-electron chi connectivity index (χ0n) is 12.7. The highest BCUT2D eigenvalue weighted by Crippen LogP contribution is 2.21. The standard InChI is InChI=1S/C17H16Cl2N2O2/c1-10-7-12(18)3-5-14(10)20-16(22)9-17(23)21-15-6-4-13(19)8-11(15)2/h3-8H,9H2,1-2H3,(H,20,22)(H,21,23). The maximum Gasteiger partial charge on any atom is 0.233 e. The Kier molecular flexibility index (Phi) is 5.64. The van der Waals surface area contributed by atoms with Crippen molar-refractivity contribution in [2.45, 2.75) is 20.3 Å². The van der Waals surface area contributed by atoms with E-state index in [0.717, 1.165) is 11.1 Å². The molecule has 0 unspecified atom stereocenters. The molecule has 0 aliphatic rings. The predicted octanol–water partition coefficient (Wildman–Crippen LogP) is 4.58. The van der Waals surface area contributed by atoms with E-state index >= 15 is 0 Å². The summed E-state index contributed by atoms with van der Waals surface area (Å²) in [6.45, 7) is 3.66. The van der Waals surface area contributed by atoms with Gasteiger partial charge in [0.25, 0.3) is 0 Å². The van der Waals surface area contributed by atoms with E-state index in [1.165, 1.54) is 0 Å². The molecule has 0 heterocycles. The molecule has 2 amide bonds. The number of aryl methyl sites for hydroxylation is 2. The molecule has 4 nitrogen and oxygen atoms in total. The SMILES string of the molecule is Cc1cc(Cl)ccc1NC(=O)CC(=O)Nc1ccc(Cl)cc1C. The van der Waals surface area contributed by atoms with Crippen molar-refractivity contribution >= 4 is 46.4 Å². The molecule has 0 bridgehead atoms. The molecule has 0 fully saturated rings. The normalized spacial score (nSPS) is 10.3. The van der Waals surface area contributed by atoms with Crippen molar-refractivity contribution < 1.29 is 9.59 Å². The first kappa shape index (κ1) is 17.3. The summed E-state index contributed by atoms with van der Waals surface area (Å²) >= 11 is 11.7. The van der Waals surface area contributed by atoms with E-state index in [9.17, 15) is 9.59 Å². The van der Waals surface area contributed by atoms with Crippen molar-refractivity contribution in [2.75, 3.05) is 10.6 Å². The second kappa shape index (κ2) is 7.49. The summed E-state index contributed by atoms with van der Waals surface area (Å²) in [7, 11) is 0. The number of halogens is 2. The third-order valence-corrected chi connectivity index (χ3v) is 3.72. The van der Waals surface area contributed by atoms with E-state index < -0.39 is 0 Å². The number of carbonyl (C=O) groups excluding carboxylic acids is 2. The molecular formula is C17H16Cl2N2O2. The number of carbonyl (C=O) groups is 2. The van der Waals surface area contributed by atoms with E-state index in [4.69, 9.17) is 23.2 Å². The third-order valence-electron chi connectivity index (χ3n) is 3.25. The molecule has 0 aliphatic heterocycles. The fourth-order valence-corrected chi connectivity index (χ4v) is 2.52. The van der Waals surface area contributed by atoms with Crippen molar-refractivity contribution in [1.82, 2.24) is 0 Å². The van der Waals surface area contributed by atoms with Gasteiger partial charge in [-0.1, -0.05) is 23.2 Å². The zero-order chi connectivity index (χ0) is 17.0. The van der Waals surface area contributed by atoms with Crippen LogP contribution in [0.5, 0.6) is 0 Å². The van der Waals surface area contributed by atoms with Crippen molar-refractivity contribution in [3.63, 3.8) is 0 Å². The molecular weight excluding hydrogens is 335 g/mol. The van der Waals surface area contributed by atoms with Gasteiger partial charge >= 0.3 is 0 Å². The van der Waals surface area contributed by atoms with Gasteiger partial charge in [-0.2, -0.15) is 0 Å². The first-order chi connectivity index (χ1) is 10.8. The van der Waals surface area contributed by atoms with Crippen LogP contribution in [-0.2, 0) is 9.59 Å². The number of rotatable bonds is 4. The van der Waals surface area contributed by atoms with E-state index in [1.54, 1.807) is 36.4 Å². The Morgan fingerprint density at radius 3 is 1.57 bits per heavy atom. The molecule has 0 radical (unpaired) electrons. The van der Waals surface area contributed by atoms with Gasteiger partial charge in [0.2, 0.25) is 11.8 Å². The molecule has 2 rings (SSSR count). The largest absolute Gasteiger partial charge is 0.325 e. The Bertz CT molecular complexity index is 697. The van der Waals surface area contributed by atoms with Crippen LogP contribution >= 0.6 is 23.2 Å². The molecule has 0 saturated heterocycles. The van der Waals surface area contributed by atoms with Crippen molar-refractivity contribution in [3.05, 3.63) is 57.6 Å². The number of nitrogens with one attached hydrogen (secondary N) is 2. The fraction of sp³-hybridized carbons (Fsp3) is 0.176. The molecule has 0 atom stereocenters. The first-order valence-electron chi connectivity index (χ1n) is 6.97. The van der Waals surface area contributed by atoms with Gasteiger partial charge in [-0.05, 0) is 61.4 Å². The summed E-state index contributed by atoms with van der Waals surface area (Å²) in [5, 5.41) is 6.58. The first-order valence-corrected chi connectivity index (χ1v) is 7.73. The second-order valence-corrected chi connectivity index (χ2v) is 6.06. The molecule has 2 aromatic carbocycles. The maximum absolute atomic E-state index is 12.0. The van der Waals surface area contributed by atoms with Crippen LogP contribution in [-0.4, -0.2) is 11.8 Å². The van der Waals surface area contributed by atoms with Crippen LogP contribution in [0.25, 0.3) is 0 Å². The van der Waals surface area contributed by atoms with E-state index in [1.807, 2.05) is 13.8 Å². The van der Waals surface area contributed by atoms with Gasteiger partial charge < -0.3 is 10.6 Å². The van der Waals surface area contributed by atoms with Crippen LogP contribution in [0.4, 0.5) is 11.4 Å². The van der Waals surface area contributed by atoms with Gasteiger partial charge in [0.1, 0.15) is 6.42 Å². The van der Waals surface area contributed by atoms with Crippen LogP contribution in [0, 0.1) is 13.8 Å². The van der Waals surface area contributed by atoms with Crippen LogP contribution < -0.4 is 10.6 Å². The number of anilines is 2. The highest BCUT2D eigenvalue weighted by molar-refractivity contribution is 6.31. The Morgan fingerprint density at radius 2 is 1.22 bits per heavy atom. The summed E-state index contributed by atoms with van der Waals surface area (Å²) in [5.41, 5.74) is 2.93. The average Bonchev–Trinajstić information content (AvgIpc) is 2.45. The second-order valence-electron chi connectivity index (χ2n) is 5.19. The lowest BCUT2D eigenvalue weighted by atomic mass is 10.2. The Balaban J connectivity index is 1.95. The smallest absolute Gasteiger partial charge is 0.233 e. The Labute approximate surface area is 144 Å². The number of amides is 2. The van der Waals surface area contributed by atoms with Crippen molar-refractivity contribution in [1.29, 1.82) is 0 Å². The molecule has 2 N–H and O–H groups in total. The van der Waals surface area contributed by atoms with E-state index in [0.29, 0.717) is 21.4 Å². The lowest BCUT2D eigenvalue weighted by Gasteiger charge is -2.10. The third kappa shape index (κ3) is 4.98. The van der Waals surface area contributed by atoms with Crippen LogP contribution in [0.2, 0.25) is 10.0 Å². The van der Waals surface area contributed by atoms with Gasteiger partial charge in [0, 0.05) is 21.4 Å². The summed E-state index contributed by atoms with van der Waals surface area (Å²) in [5.74, 6) is -0.779. The predicted molar refractivity (Wildman–Crippen MR) is 94.3 cm³/mol. The maximum atomic E-state index is 12.0. The van der Waals surface area contributed by atoms with Gasteiger partial charge in [-0.15, -0.1) is 0 Å².